The van der Waals surface area contributed by atoms with Gasteiger partial charge in [0.05, 0.1) is 12.5 Å². The first-order valence-electron chi connectivity index (χ1n) is 7.59. The summed E-state index contributed by atoms with van der Waals surface area (Å²) in [5, 5.41) is 0. The number of fused-ring (bicyclic) bond motifs is 1. The Kier molecular flexibility index (Phi) is 3.79. The van der Waals surface area contributed by atoms with Gasteiger partial charge in [-0.05, 0) is 24.3 Å². The van der Waals surface area contributed by atoms with Crippen LogP contribution >= 0.6 is 0 Å². The van der Waals surface area contributed by atoms with Crippen LogP contribution in [0.5, 0.6) is 0 Å². The zero-order valence-electron chi connectivity index (χ0n) is 12.2. The summed E-state index contributed by atoms with van der Waals surface area (Å²) in [5.74, 6) is 0.491. The average molecular weight is 273 g/mol. The molecule has 0 N–H and O–H groups in total. The Hall–Kier alpha value is -1.35. The Bertz CT molecular complexity index is 473. The van der Waals surface area contributed by atoms with Crippen molar-refractivity contribution < 1.29 is 9.53 Å². The van der Waals surface area contributed by atoms with Gasteiger partial charge < -0.3 is 4.74 Å². The van der Waals surface area contributed by atoms with Crippen molar-refractivity contribution in [3.05, 3.63) is 35.9 Å². The third-order valence-corrected chi connectivity index (χ3v) is 5.03. The van der Waals surface area contributed by atoms with Crippen LogP contribution in [0.25, 0.3) is 0 Å². The van der Waals surface area contributed by atoms with E-state index in [1.807, 2.05) is 6.07 Å². The van der Waals surface area contributed by atoms with E-state index in [4.69, 9.17) is 4.74 Å². The lowest BCUT2D eigenvalue weighted by Crippen LogP contribution is -2.42. The number of likely N-dealkylation sites (tertiary alicyclic amines) is 1. The van der Waals surface area contributed by atoms with Crippen molar-refractivity contribution in [2.24, 2.45) is 11.3 Å². The number of nitrogens with zero attached hydrogens (tertiary/aromatic N) is 1. The molecule has 3 heteroatoms. The molecule has 1 aromatic carbocycles. The first-order chi connectivity index (χ1) is 9.74. The molecule has 0 spiro atoms. The average Bonchev–Trinajstić information content (AvgIpc) is 2.86. The summed E-state index contributed by atoms with van der Waals surface area (Å²) >= 11 is 0. The second-order valence-corrected chi connectivity index (χ2v) is 6.25. The van der Waals surface area contributed by atoms with E-state index in [1.165, 1.54) is 25.5 Å². The van der Waals surface area contributed by atoms with Crippen LogP contribution in [-0.4, -0.2) is 31.1 Å². The highest BCUT2D eigenvalue weighted by Gasteiger charge is 2.53. The van der Waals surface area contributed by atoms with Crippen molar-refractivity contribution in [1.29, 1.82) is 0 Å². The molecule has 3 rings (SSSR count). The lowest BCUT2D eigenvalue weighted by molar-refractivity contribution is -0.156. The van der Waals surface area contributed by atoms with E-state index < -0.39 is 0 Å². The summed E-state index contributed by atoms with van der Waals surface area (Å²) in [6.07, 6.45) is 4.57. The lowest BCUT2D eigenvalue weighted by Gasteiger charge is -2.35. The smallest absolute Gasteiger partial charge is 0.313 e. The summed E-state index contributed by atoms with van der Waals surface area (Å²) < 4.78 is 5.13. The number of ether oxygens (including phenoxy) is 1. The van der Waals surface area contributed by atoms with Gasteiger partial charge in [-0.15, -0.1) is 0 Å². The van der Waals surface area contributed by atoms with Crippen molar-refractivity contribution in [3.8, 4) is 0 Å². The van der Waals surface area contributed by atoms with Crippen LogP contribution in [0.4, 0.5) is 0 Å². The first kappa shape index (κ1) is 13.6. The molecule has 2 atom stereocenters. The summed E-state index contributed by atoms with van der Waals surface area (Å²) in [5.41, 5.74) is 1.09. The van der Waals surface area contributed by atoms with Gasteiger partial charge in [0, 0.05) is 19.6 Å². The minimum atomic E-state index is -0.234. The molecule has 2 aliphatic rings. The normalized spacial score (nSPS) is 29.9. The Morgan fingerprint density at radius 3 is 2.90 bits per heavy atom. The standard InChI is InChI=1S/C17H23NO2/c1-20-16(19)17-10-6-5-9-15(17)12-18(13-17)11-14-7-3-2-4-8-14/h2-4,7-8,15H,5-6,9-13H2,1H3. The molecule has 2 unspecified atom stereocenters. The molecule has 1 aromatic rings. The van der Waals surface area contributed by atoms with Gasteiger partial charge in [-0.25, -0.2) is 0 Å². The van der Waals surface area contributed by atoms with Gasteiger partial charge >= 0.3 is 5.97 Å². The van der Waals surface area contributed by atoms with Gasteiger partial charge in [0.2, 0.25) is 0 Å². The second kappa shape index (κ2) is 5.57. The van der Waals surface area contributed by atoms with E-state index in [0.29, 0.717) is 5.92 Å². The molecule has 1 saturated carbocycles. The fourth-order valence-corrected chi connectivity index (χ4v) is 4.06. The number of rotatable bonds is 3. The quantitative estimate of drug-likeness (QED) is 0.793. The van der Waals surface area contributed by atoms with Crippen LogP contribution < -0.4 is 0 Å². The number of methoxy groups -OCH3 is 1. The fraction of sp³-hybridized carbons (Fsp3) is 0.588. The van der Waals surface area contributed by atoms with Crippen LogP contribution in [0.1, 0.15) is 31.2 Å². The van der Waals surface area contributed by atoms with Gasteiger partial charge in [-0.1, -0.05) is 43.2 Å². The van der Waals surface area contributed by atoms with Gasteiger partial charge in [-0.3, -0.25) is 9.69 Å². The van der Waals surface area contributed by atoms with Crippen LogP contribution in [0.3, 0.4) is 0 Å². The minimum absolute atomic E-state index is 0.0118. The van der Waals surface area contributed by atoms with E-state index in [1.54, 1.807) is 0 Å². The molecular weight excluding hydrogens is 250 g/mol. The monoisotopic (exact) mass is 273 g/mol. The van der Waals surface area contributed by atoms with Gasteiger partial charge in [0.15, 0.2) is 0 Å². The van der Waals surface area contributed by atoms with E-state index in [-0.39, 0.29) is 11.4 Å². The maximum Gasteiger partial charge on any atom is 0.313 e. The number of hydrogen-bond acceptors (Lipinski definition) is 3. The predicted molar refractivity (Wildman–Crippen MR) is 78.1 cm³/mol. The van der Waals surface area contributed by atoms with Crippen molar-refractivity contribution in [3.63, 3.8) is 0 Å². The molecule has 0 amide bonds. The van der Waals surface area contributed by atoms with E-state index >= 15 is 0 Å². The third-order valence-electron chi connectivity index (χ3n) is 5.03. The summed E-state index contributed by atoms with van der Waals surface area (Å²) in [7, 11) is 1.53. The maximum absolute atomic E-state index is 12.3. The molecule has 1 aliphatic heterocycles. The van der Waals surface area contributed by atoms with Gasteiger partial charge in [-0.2, -0.15) is 0 Å². The van der Waals surface area contributed by atoms with Gasteiger partial charge in [0.1, 0.15) is 0 Å². The Morgan fingerprint density at radius 2 is 2.15 bits per heavy atom. The third kappa shape index (κ3) is 2.35. The fourth-order valence-electron chi connectivity index (χ4n) is 4.06. The zero-order valence-corrected chi connectivity index (χ0v) is 12.2. The molecule has 1 saturated heterocycles. The number of carbonyl (C=O) groups is 1. The van der Waals surface area contributed by atoms with Crippen LogP contribution in [0.15, 0.2) is 30.3 Å². The Balaban J connectivity index is 1.76. The SMILES string of the molecule is COC(=O)C12CCCCC1CN(Cc1ccccc1)C2. The Labute approximate surface area is 120 Å². The van der Waals surface area contributed by atoms with E-state index in [0.717, 1.165) is 32.5 Å². The van der Waals surface area contributed by atoms with Crippen molar-refractivity contribution >= 4 is 5.97 Å². The summed E-state index contributed by atoms with van der Waals surface area (Å²) in [6.45, 7) is 2.83. The van der Waals surface area contributed by atoms with Crippen LogP contribution in [0, 0.1) is 11.3 Å². The van der Waals surface area contributed by atoms with Crippen molar-refractivity contribution in [2.75, 3.05) is 20.2 Å². The summed E-state index contributed by atoms with van der Waals surface area (Å²) in [4.78, 5) is 14.8. The molecule has 0 bridgehead atoms. The lowest BCUT2D eigenvalue weighted by atomic mass is 9.68. The van der Waals surface area contributed by atoms with Crippen molar-refractivity contribution in [2.45, 2.75) is 32.2 Å². The van der Waals surface area contributed by atoms with Gasteiger partial charge in [0.25, 0.3) is 0 Å². The number of carbonyl (C=O) groups excluding carboxylic acids is 1. The predicted octanol–water partition coefficient (Wildman–Crippen LogP) is 2.85. The molecule has 1 heterocycles. The molecule has 3 nitrogen and oxygen atoms in total. The molecule has 108 valence electrons. The molecule has 0 aromatic heterocycles. The van der Waals surface area contributed by atoms with E-state index in [2.05, 4.69) is 29.2 Å². The number of esters is 1. The number of hydrogen-bond donors (Lipinski definition) is 0. The molecule has 20 heavy (non-hydrogen) atoms. The zero-order chi connectivity index (χ0) is 14.0. The number of benzene rings is 1. The minimum Gasteiger partial charge on any atom is -0.469 e. The van der Waals surface area contributed by atoms with Crippen LogP contribution in [0.2, 0.25) is 0 Å². The molecule has 1 aliphatic carbocycles. The Morgan fingerprint density at radius 1 is 1.35 bits per heavy atom. The van der Waals surface area contributed by atoms with Crippen molar-refractivity contribution in [1.82, 2.24) is 4.90 Å². The molecule has 0 radical (unpaired) electrons. The second-order valence-electron chi connectivity index (χ2n) is 6.25. The maximum atomic E-state index is 12.3. The van der Waals surface area contributed by atoms with E-state index in [9.17, 15) is 4.79 Å². The largest absolute Gasteiger partial charge is 0.469 e. The van der Waals surface area contributed by atoms with Crippen LogP contribution in [-0.2, 0) is 16.1 Å². The molecular formula is C17H23NO2. The highest BCUT2D eigenvalue weighted by molar-refractivity contribution is 5.78. The highest BCUT2D eigenvalue weighted by atomic mass is 16.5. The molecule has 2 fully saturated rings. The summed E-state index contributed by atoms with van der Waals surface area (Å²) in [6, 6.07) is 10.5. The topological polar surface area (TPSA) is 29.5 Å². The highest BCUT2D eigenvalue weighted by Crippen LogP contribution is 2.47. The first-order valence-corrected chi connectivity index (χ1v) is 7.59.